The zero-order valence-corrected chi connectivity index (χ0v) is 11.3. The summed E-state index contributed by atoms with van der Waals surface area (Å²) in [5, 5.41) is 14.2. The predicted molar refractivity (Wildman–Crippen MR) is 74.8 cm³/mol. The highest BCUT2D eigenvalue weighted by Gasteiger charge is 2.31. The average molecular weight is 281 g/mol. The van der Waals surface area contributed by atoms with Gasteiger partial charge in [0.1, 0.15) is 17.2 Å². The number of nitrogens with one attached hydrogen (secondary N) is 1. The van der Waals surface area contributed by atoms with Gasteiger partial charge in [-0.05, 0) is 36.4 Å². The van der Waals surface area contributed by atoms with E-state index in [2.05, 4.69) is 5.32 Å². The van der Waals surface area contributed by atoms with E-state index in [1.807, 2.05) is 6.07 Å². The van der Waals surface area contributed by atoms with Gasteiger partial charge in [-0.3, -0.25) is 0 Å². The van der Waals surface area contributed by atoms with Crippen LogP contribution in [-0.4, -0.2) is 28.8 Å². The third-order valence-corrected chi connectivity index (χ3v) is 4.60. The first-order chi connectivity index (χ1) is 9.15. The number of rotatable bonds is 4. The van der Waals surface area contributed by atoms with Crippen LogP contribution in [0.1, 0.15) is 12.2 Å². The van der Waals surface area contributed by atoms with Crippen LogP contribution in [0.5, 0.6) is 0 Å². The Morgan fingerprint density at radius 3 is 3.11 bits per heavy atom. The van der Waals surface area contributed by atoms with Crippen molar-refractivity contribution in [3.05, 3.63) is 35.8 Å². The summed E-state index contributed by atoms with van der Waals surface area (Å²) in [6, 6.07) is 6.32. The maximum absolute atomic E-state index is 13.1. The lowest BCUT2D eigenvalue weighted by Gasteiger charge is -2.21. The van der Waals surface area contributed by atoms with Gasteiger partial charge in [-0.15, -0.1) is 0 Å². The molecule has 0 spiro atoms. The van der Waals surface area contributed by atoms with Gasteiger partial charge in [0.05, 0.1) is 12.1 Å². The molecule has 0 aliphatic carbocycles. The van der Waals surface area contributed by atoms with Gasteiger partial charge in [-0.2, -0.15) is 11.8 Å². The van der Waals surface area contributed by atoms with Crippen LogP contribution in [0.15, 0.2) is 28.7 Å². The highest BCUT2D eigenvalue weighted by Crippen LogP contribution is 2.27. The van der Waals surface area contributed by atoms with E-state index in [0.717, 1.165) is 29.1 Å². The molecule has 19 heavy (non-hydrogen) atoms. The van der Waals surface area contributed by atoms with Gasteiger partial charge in [-0.1, -0.05) is 0 Å². The van der Waals surface area contributed by atoms with Crippen molar-refractivity contribution < 1.29 is 13.9 Å². The van der Waals surface area contributed by atoms with Crippen molar-refractivity contribution in [2.75, 3.05) is 18.1 Å². The molecule has 1 aromatic heterocycles. The van der Waals surface area contributed by atoms with Crippen molar-refractivity contribution in [2.45, 2.75) is 18.6 Å². The number of aliphatic hydroxyl groups is 1. The minimum atomic E-state index is -0.594. The van der Waals surface area contributed by atoms with E-state index in [-0.39, 0.29) is 5.82 Å². The van der Waals surface area contributed by atoms with Gasteiger partial charge in [0, 0.05) is 17.7 Å². The summed E-state index contributed by atoms with van der Waals surface area (Å²) >= 11 is 1.78. The lowest BCUT2D eigenvalue weighted by atomic mass is 10.0. The van der Waals surface area contributed by atoms with Crippen molar-refractivity contribution in [2.24, 2.45) is 0 Å². The molecule has 102 valence electrons. The molecule has 2 N–H and O–H groups in total. The number of hydrogen-bond acceptors (Lipinski definition) is 4. The number of benzene rings is 1. The molecule has 5 heteroatoms. The maximum atomic E-state index is 13.1. The number of thioether (sulfide) groups is 1. The van der Waals surface area contributed by atoms with Crippen molar-refractivity contribution in [3.8, 4) is 0 Å². The molecule has 3 nitrogen and oxygen atoms in total. The molecule has 1 aliphatic rings. The first-order valence-corrected chi connectivity index (χ1v) is 7.49. The second kappa shape index (κ2) is 5.15. The summed E-state index contributed by atoms with van der Waals surface area (Å²) in [7, 11) is 0. The molecule has 1 fully saturated rings. The highest BCUT2D eigenvalue weighted by molar-refractivity contribution is 7.99. The summed E-state index contributed by atoms with van der Waals surface area (Å²) in [6.07, 6.45) is 0.829. The molecule has 1 unspecified atom stereocenters. The van der Waals surface area contributed by atoms with E-state index in [0.29, 0.717) is 18.7 Å². The molecule has 0 amide bonds. The third kappa shape index (κ3) is 2.94. The summed E-state index contributed by atoms with van der Waals surface area (Å²) in [5.74, 6) is 2.30. The lowest BCUT2D eigenvalue weighted by molar-refractivity contribution is 0.0670. The van der Waals surface area contributed by atoms with E-state index in [1.165, 1.54) is 12.1 Å². The fraction of sp³-hybridized carbons (Fsp3) is 0.429. The van der Waals surface area contributed by atoms with Crippen LogP contribution in [-0.2, 0) is 6.54 Å². The molecular formula is C14H16FNO2S. The van der Waals surface area contributed by atoms with E-state index >= 15 is 0 Å². The molecule has 0 saturated carbocycles. The van der Waals surface area contributed by atoms with Gasteiger partial charge in [-0.25, -0.2) is 4.39 Å². The lowest BCUT2D eigenvalue weighted by Crippen LogP contribution is -2.40. The van der Waals surface area contributed by atoms with Crippen LogP contribution < -0.4 is 5.32 Å². The molecule has 2 aromatic rings. The normalized spacial score (nSPS) is 23.3. The van der Waals surface area contributed by atoms with Crippen molar-refractivity contribution in [1.82, 2.24) is 5.32 Å². The van der Waals surface area contributed by atoms with Crippen LogP contribution in [0.2, 0.25) is 0 Å². The highest BCUT2D eigenvalue weighted by atomic mass is 32.2. The van der Waals surface area contributed by atoms with Crippen LogP contribution in [0.4, 0.5) is 4.39 Å². The topological polar surface area (TPSA) is 45.4 Å². The fourth-order valence-corrected chi connectivity index (χ4v) is 3.61. The minimum absolute atomic E-state index is 0.259. The first kappa shape index (κ1) is 13.0. The van der Waals surface area contributed by atoms with Crippen LogP contribution >= 0.6 is 11.8 Å². The Labute approximate surface area is 115 Å². The Balaban J connectivity index is 1.62. The summed E-state index contributed by atoms with van der Waals surface area (Å²) in [4.78, 5) is 0. The van der Waals surface area contributed by atoms with Gasteiger partial charge in [0.15, 0.2) is 0 Å². The zero-order valence-electron chi connectivity index (χ0n) is 10.5. The predicted octanol–water partition coefficient (Wildman–Crippen LogP) is 2.53. The Bertz CT molecular complexity index is 578. The molecule has 1 aromatic carbocycles. The fourth-order valence-electron chi connectivity index (χ4n) is 2.31. The van der Waals surface area contributed by atoms with Crippen molar-refractivity contribution >= 4 is 22.7 Å². The molecule has 0 bridgehead atoms. The van der Waals surface area contributed by atoms with Crippen LogP contribution in [0, 0.1) is 5.82 Å². The molecule has 2 heterocycles. The Morgan fingerprint density at radius 1 is 1.42 bits per heavy atom. The maximum Gasteiger partial charge on any atom is 0.134 e. The second-order valence-corrected chi connectivity index (χ2v) is 6.13. The van der Waals surface area contributed by atoms with Gasteiger partial charge in [0.25, 0.3) is 0 Å². The Hall–Kier alpha value is -1.04. The molecule has 0 radical (unpaired) electrons. The second-order valence-electron chi connectivity index (χ2n) is 5.03. The van der Waals surface area contributed by atoms with Crippen molar-refractivity contribution in [3.63, 3.8) is 0 Å². The summed E-state index contributed by atoms with van der Waals surface area (Å²) < 4.78 is 18.7. The van der Waals surface area contributed by atoms with E-state index in [9.17, 15) is 9.50 Å². The number of fused-ring (bicyclic) bond motifs is 1. The first-order valence-electron chi connectivity index (χ1n) is 6.33. The quantitative estimate of drug-likeness (QED) is 0.904. The SMILES string of the molecule is OC1(CNCc2cc3cc(F)ccc3o2)CCSC1. The van der Waals surface area contributed by atoms with Gasteiger partial charge in [0.2, 0.25) is 0 Å². The molecular weight excluding hydrogens is 265 g/mol. The molecule has 1 atom stereocenters. The Kier molecular flexibility index (Phi) is 3.52. The summed E-state index contributed by atoms with van der Waals surface area (Å²) in [5.41, 5.74) is 0.0938. The summed E-state index contributed by atoms with van der Waals surface area (Å²) in [6.45, 7) is 1.11. The smallest absolute Gasteiger partial charge is 0.134 e. The minimum Gasteiger partial charge on any atom is -0.460 e. The average Bonchev–Trinajstić information content (AvgIpc) is 2.95. The molecule has 1 saturated heterocycles. The van der Waals surface area contributed by atoms with E-state index < -0.39 is 5.60 Å². The number of hydrogen-bond donors (Lipinski definition) is 2. The monoisotopic (exact) mass is 281 g/mol. The Morgan fingerprint density at radius 2 is 2.32 bits per heavy atom. The number of furan rings is 1. The third-order valence-electron chi connectivity index (χ3n) is 3.37. The molecule has 3 rings (SSSR count). The zero-order chi connectivity index (χ0) is 13.3. The largest absolute Gasteiger partial charge is 0.460 e. The van der Waals surface area contributed by atoms with Gasteiger partial charge >= 0.3 is 0 Å². The van der Waals surface area contributed by atoms with Crippen LogP contribution in [0.3, 0.4) is 0 Å². The van der Waals surface area contributed by atoms with Crippen molar-refractivity contribution in [1.29, 1.82) is 0 Å². The van der Waals surface area contributed by atoms with E-state index in [4.69, 9.17) is 4.42 Å². The van der Waals surface area contributed by atoms with E-state index in [1.54, 1.807) is 17.8 Å². The number of halogens is 1. The molecule has 1 aliphatic heterocycles. The van der Waals surface area contributed by atoms with Gasteiger partial charge < -0.3 is 14.8 Å². The standard InChI is InChI=1S/C14H16FNO2S/c15-11-1-2-13-10(5-11)6-12(18-13)7-16-8-14(17)3-4-19-9-14/h1-2,5-6,16-17H,3-4,7-9H2. The van der Waals surface area contributed by atoms with Crippen LogP contribution in [0.25, 0.3) is 11.0 Å².